The minimum absolute atomic E-state index is 0.0884. The second kappa shape index (κ2) is 9.09. The van der Waals surface area contributed by atoms with E-state index in [4.69, 9.17) is 4.42 Å². The molecule has 0 saturated carbocycles. The van der Waals surface area contributed by atoms with E-state index >= 15 is 0 Å². The second-order valence-electron chi connectivity index (χ2n) is 4.73. The van der Waals surface area contributed by atoms with E-state index in [1.165, 1.54) is 6.26 Å². The monoisotopic (exact) mass is 313 g/mol. The summed E-state index contributed by atoms with van der Waals surface area (Å²) in [6.45, 7) is 0.596. The predicted octanol–water partition coefficient (Wildman–Crippen LogP) is 1.91. The summed E-state index contributed by atoms with van der Waals surface area (Å²) < 4.78 is 5.09. The first-order valence-corrected chi connectivity index (χ1v) is 7.26. The van der Waals surface area contributed by atoms with Crippen molar-refractivity contribution in [2.45, 2.75) is 6.54 Å². The standard InChI is InChI=1S/C17H19N3O3/c21-16(19-12-15-9-5-11-23-15)13-20-17(22)18-10-4-8-14-6-2-1-3-7-14/h1-9,11H,10,12-13H2,(H,19,21)(H2,18,20,22)/b8-4-. The molecule has 3 N–H and O–H groups in total. The quantitative estimate of drug-likeness (QED) is 0.730. The van der Waals surface area contributed by atoms with Crippen LogP contribution in [0.4, 0.5) is 4.79 Å². The van der Waals surface area contributed by atoms with Gasteiger partial charge in [-0.3, -0.25) is 4.79 Å². The van der Waals surface area contributed by atoms with Crippen LogP contribution in [-0.4, -0.2) is 25.0 Å². The molecule has 2 aromatic rings. The summed E-state index contributed by atoms with van der Waals surface area (Å²) in [5.41, 5.74) is 1.06. The summed E-state index contributed by atoms with van der Waals surface area (Å²) in [7, 11) is 0. The Morgan fingerprint density at radius 2 is 1.83 bits per heavy atom. The van der Waals surface area contributed by atoms with E-state index in [-0.39, 0.29) is 12.5 Å². The number of nitrogens with one attached hydrogen (secondary N) is 3. The van der Waals surface area contributed by atoms with Crippen LogP contribution in [0.5, 0.6) is 0 Å². The number of carbonyl (C=O) groups is 2. The zero-order valence-electron chi connectivity index (χ0n) is 12.6. The summed E-state index contributed by atoms with van der Waals surface area (Å²) in [4.78, 5) is 23.1. The van der Waals surface area contributed by atoms with E-state index in [1.807, 2.05) is 42.5 Å². The lowest BCUT2D eigenvalue weighted by molar-refractivity contribution is -0.120. The van der Waals surface area contributed by atoms with Crippen LogP contribution >= 0.6 is 0 Å². The third-order valence-corrected chi connectivity index (χ3v) is 2.94. The predicted molar refractivity (Wildman–Crippen MR) is 87.4 cm³/mol. The van der Waals surface area contributed by atoms with Crippen molar-refractivity contribution in [3.8, 4) is 0 Å². The van der Waals surface area contributed by atoms with Crippen LogP contribution in [0.1, 0.15) is 11.3 Å². The van der Waals surface area contributed by atoms with Gasteiger partial charge in [0.15, 0.2) is 0 Å². The zero-order valence-corrected chi connectivity index (χ0v) is 12.6. The number of hydrogen-bond donors (Lipinski definition) is 3. The van der Waals surface area contributed by atoms with Crippen molar-refractivity contribution in [1.29, 1.82) is 0 Å². The third kappa shape index (κ3) is 6.52. The van der Waals surface area contributed by atoms with Gasteiger partial charge in [-0.15, -0.1) is 0 Å². The molecule has 0 saturated heterocycles. The van der Waals surface area contributed by atoms with Crippen LogP contribution in [0.3, 0.4) is 0 Å². The molecule has 0 spiro atoms. The van der Waals surface area contributed by atoms with Crippen molar-refractivity contribution in [3.05, 3.63) is 66.1 Å². The van der Waals surface area contributed by atoms with Crippen molar-refractivity contribution >= 4 is 18.0 Å². The Kier molecular flexibility index (Phi) is 6.46. The van der Waals surface area contributed by atoms with E-state index in [1.54, 1.807) is 12.1 Å². The molecule has 0 fully saturated rings. The molecule has 1 aromatic carbocycles. The molecule has 2 rings (SSSR count). The summed E-state index contributed by atoms with van der Waals surface area (Å²) in [6.07, 6.45) is 5.29. The molecule has 0 aliphatic carbocycles. The normalized spacial score (nSPS) is 10.4. The van der Waals surface area contributed by atoms with Gasteiger partial charge in [-0.2, -0.15) is 0 Å². The van der Waals surface area contributed by atoms with Gasteiger partial charge in [0, 0.05) is 6.54 Å². The summed E-state index contributed by atoms with van der Waals surface area (Å²) in [5.74, 6) is 0.380. The maximum atomic E-state index is 11.5. The lowest BCUT2D eigenvalue weighted by Crippen LogP contribution is -2.41. The number of benzene rings is 1. The molecule has 0 bridgehead atoms. The molecule has 0 unspecified atom stereocenters. The molecule has 0 radical (unpaired) electrons. The Balaban J connectivity index is 1.57. The van der Waals surface area contributed by atoms with Crippen LogP contribution in [0.2, 0.25) is 0 Å². The Hall–Kier alpha value is -3.02. The Labute approximate surface area is 134 Å². The van der Waals surface area contributed by atoms with Crippen LogP contribution in [0.15, 0.2) is 59.2 Å². The highest BCUT2D eigenvalue weighted by molar-refractivity contribution is 5.83. The molecule has 0 aliphatic rings. The molecule has 6 nitrogen and oxygen atoms in total. The number of carbonyl (C=O) groups excluding carboxylic acids is 2. The maximum absolute atomic E-state index is 11.5. The fourth-order valence-corrected chi connectivity index (χ4v) is 1.80. The van der Waals surface area contributed by atoms with Gasteiger partial charge in [-0.05, 0) is 17.7 Å². The van der Waals surface area contributed by atoms with Gasteiger partial charge >= 0.3 is 6.03 Å². The van der Waals surface area contributed by atoms with E-state index in [9.17, 15) is 9.59 Å². The average Bonchev–Trinajstić information content (AvgIpc) is 3.09. The molecule has 0 aliphatic heterocycles. The lowest BCUT2D eigenvalue weighted by Gasteiger charge is -2.06. The van der Waals surface area contributed by atoms with Gasteiger partial charge in [0.2, 0.25) is 5.91 Å². The SMILES string of the molecule is O=C(CNC(=O)NC/C=C\c1ccccc1)NCc1ccco1. The minimum atomic E-state index is -0.393. The molecule has 6 heteroatoms. The molecular formula is C17H19N3O3. The van der Waals surface area contributed by atoms with Crippen LogP contribution in [-0.2, 0) is 11.3 Å². The number of rotatable bonds is 7. The fourth-order valence-electron chi connectivity index (χ4n) is 1.80. The van der Waals surface area contributed by atoms with Gasteiger partial charge in [0.05, 0.1) is 19.4 Å². The van der Waals surface area contributed by atoms with Crippen molar-refractivity contribution in [3.63, 3.8) is 0 Å². The zero-order chi connectivity index (χ0) is 16.3. The molecule has 1 heterocycles. The number of furan rings is 1. The largest absolute Gasteiger partial charge is 0.467 e. The van der Waals surface area contributed by atoms with Gasteiger partial charge < -0.3 is 20.4 Å². The molecule has 0 atom stereocenters. The van der Waals surface area contributed by atoms with Crippen LogP contribution < -0.4 is 16.0 Å². The highest BCUT2D eigenvalue weighted by Crippen LogP contribution is 2.00. The van der Waals surface area contributed by atoms with Crippen molar-refractivity contribution in [2.75, 3.05) is 13.1 Å². The topological polar surface area (TPSA) is 83.4 Å². The van der Waals surface area contributed by atoms with E-state index in [0.717, 1.165) is 5.56 Å². The molecule has 3 amide bonds. The van der Waals surface area contributed by atoms with Gasteiger partial charge in [-0.25, -0.2) is 4.79 Å². The lowest BCUT2D eigenvalue weighted by atomic mass is 10.2. The maximum Gasteiger partial charge on any atom is 0.315 e. The number of urea groups is 1. The van der Waals surface area contributed by atoms with E-state index in [2.05, 4.69) is 16.0 Å². The number of amides is 3. The Morgan fingerprint density at radius 1 is 1.00 bits per heavy atom. The third-order valence-electron chi connectivity index (χ3n) is 2.94. The molecular weight excluding hydrogens is 294 g/mol. The van der Waals surface area contributed by atoms with Gasteiger partial charge in [-0.1, -0.05) is 42.5 Å². The smallest absolute Gasteiger partial charge is 0.315 e. The molecule has 23 heavy (non-hydrogen) atoms. The Morgan fingerprint density at radius 3 is 2.57 bits per heavy atom. The van der Waals surface area contributed by atoms with Crippen LogP contribution in [0.25, 0.3) is 6.08 Å². The summed E-state index contributed by atoms with van der Waals surface area (Å²) in [6, 6.07) is 12.9. The highest BCUT2D eigenvalue weighted by Gasteiger charge is 2.04. The van der Waals surface area contributed by atoms with Gasteiger partial charge in [0.1, 0.15) is 5.76 Å². The minimum Gasteiger partial charge on any atom is -0.467 e. The van der Waals surface area contributed by atoms with Crippen molar-refractivity contribution in [1.82, 2.24) is 16.0 Å². The van der Waals surface area contributed by atoms with E-state index in [0.29, 0.717) is 18.8 Å². The van der Waals surface area contributed by atoms with Crippen molar-refractivity contribution in [2.24, 2.45) is 0 Å². The van der Waals surface area contributed by atoms with Crippen LogP contribution in [0, 0.1) is 0 Å². The van der Waals surface area contributed by atoms with Crippen molar-refractivity contribution < 1.29 is 14.0 Å². The highest BCUT2D eigenvalue weighted by atomic mass is 16.3. The Bertz CT molecular complexity index is 636. The summed E-state index contributed by atoms with van der Waals surface area (Å²) >= 11 is 0. The first kappa shape index (κ1) is 16.4. The molecule has 120 valence electrons. The van der Waals surface area contributed by atoms with E-state index < -0.39 is 6.03 Å². The fraction of sp³-hybridized carbons (Fsp3) is 0.176. The summed E-state index contributed by atoms with van der Waals surface area (Å²) in [5, 5.41) is 7.77. The first-order chi connectivity index (χ1) is 11.2. The number of hydrogen-bond acceptors (Lipinski definition) is 3. The average molecular weight is 313 g/mol. The first-order valence-electron chi connectivity index (χ1n) is 7.26. The molecule has 1 aromatic heterocycles. The van der Waals surface area contributed by atoms with Gasteiger partial charge in [0.25, 0.3) is 0 Å². The second-order valence-corrected chi connectivity index (χ2v) is 4.73.